The molecule has 1 heterocycles. The molecule has 0 bridgehead atoms. The van der Waals surface area contributed by atoms with E-state index in [2.05, 4.69) is 10.6 Å². The maximum atomic E-state index is 11.8. The summed E-state index contributed by atoms with van der Waals surface area (Å²) in [7, 11) is -3.24. The molecule has 1 saturated heterocycles. The fourth-order valence-corrected chi connectivity index (χ4v) is 2.77. The van der Waals surface area contributed by atoms with Crippen molar-refractivity contribution in [1.29, 1.82) is 0 Å². The van der Waals surface area contributed by atoms with E-state index >= 15 is 0 Å². The first kappa shape index (κ1) is 17.7. The van der Waals surface area contributed by atoms with E-state index < -0.39 is 32.6 Å². The van der Waals surface area contributed by atoms with Gasteiger partial charge in [-0.2, -0.15) is 0 Å². The van der Waals surface area contributed by atoms with Crippen LogP contribution in [-0.2, 0) is 19.4 Å². The van der Waals surface area contributed by atoms with Crippen LogP contribution < -0.4 is 10.6 Å². The average molecular weight is 322 g/mol. The van der Waals surface area contributed by atoms with Crippen molar-refractivity contribution in [3.63, 3.8) is 0 Å². The molecule has 1 aliphatic rings. The Bertz CT molecular complexity index is 482. The lowest BCUT2D eigenvalue weighted by Crippen LogP contribution is -2.59. The number of sulfone groups is 1. The summed E-state index contributed by atoms with van der Waals surface area (Å²) in [6.45, 7) is 3.59. The minimum atomic E-state index is -3.24. The molecule has 1 rings (SSSR count). The zero-order chi connectivity index (χ0) is 16.1. The summed E-state index contributed by atoms with van der Waals surface area (Å²) in [6, 6.07) is -0.682. The van der Waals surface area contributed by atoms with Gasteiger partial charge in [0.25, 0.3) is 0 Å². The van der Waals surface area contributed by atoms with E-state index in [0.29, 0.717) is 0 Å². The number of rotatable bonds is 6. The third-order valence-electron chi connectivity index (χ3n) is 3.50. The van der Waals surface area contributed by atoms with Crippen molar-refractivity contribution in [2.45, 2.75) is 37.5 Å². The first-order chi connectivity index (χ1) is 9.69. The Morgan fingerprint density at radius 1 is 1.29 bits per heavy atom. The fourth-order valence-electron chi connectivity index (χ4n) is 1.92. The van der Waals surface area contributed by atoms with Gasteiger partial charge in [-0.05, 0) is 13.8 Å². The first-order valence-electron chi connectivity index (χ1n) is 6.78. The van der Waals surface area contributed by atoms with Gasteiger partial charge in [0, 0.05) is 32.6 Å². The standard InChI is InChI=1S/C12H22N2O6S/c1-9(2)21(18,19)8-5-13-11(17)14-12(10(15)16)3-6-20-7-4-12/h9H,3-8H2,1-2H3,(H,15,16)(H2,13,14,17). The summed E-state index contributed by atoms with van der Waals surface area (Å²) in [5.41, 5.74) is -1.35. The van der Waals surface area contributed by atoms with E-state index in [1.807, 2.05) is 0 Å². The van der Waals surface area contributed by atoms with E-state index in [-0.39, 0.29) is 38.4 Å². The van der Waals surface area contributed by atoms with Crippen LogP contribution in [0.5, 0.6) is 0 Å². The van der Waals surface area contributed by atoms with Crippen molar-refractivity contribution in [3.8, 4) is 0 Å². The van der Waals surface area contributed by atoms with Crippen LogP contribution in [0.1, 0.15) is 26.7 Å². The molecule has 0 spiro atoms. The Hall–Kier alpha value is -1.35. The molecule has 2 amide bonds. The van der Waals surface area contributed by atoms with Crippen molar-refractivity contribution in [2.75, 3.05) is 25.5 Å². The van der Waals surface area contributed by atoms with Gasteiger partial charge < -0.3 is 20.5 Å². The summed E-state index contributed by atoms with van der Waals surface area (Å²) >= 11 is 0. The smallest absolute Gasteiger partial charge is 0.329 e. The molecule has 0 radical (unpaired) electrons. The maximum absolute atomic E-state index is 11.8. The molecule has 0 atom stereocenters. The van der Waals surface area contributed by atoms with Gasteiger partial charge in [-0.1, -0.05) is 0 Å². The molecule has 122 valence electrons. The molecular weight excluding hydrogens is 300 g/mol. The first-order valence-corrected chi connectivity index (χ1v) is 8.50. The number of aliphatic carboxylic acids is 1. The number of carbonyl (C=O) groups is 2. The Labute approximate surface area is 124 Å². The van der Waals surface area contributed by atoms with Gasteiger partial charge in [0.2, 0.25) is 0 Å². The number of hydrogen-bond acceptors (Lipinski definition) is 5. The molecule has 1 aliphatic heterocycles. The van der Waals surface area contributed by atoms with E-state index in [9.17, 15) is 23.1 Å². The van der Waals surface area contributed by atoms with Crippen LogP contribution in [0.2, 0.25) is 0 Å². The van der Waals surface area contributed by atoms with Crippen LogP contribution in [-0.4, -0.2) is 61.8 Å². The SMILES string of the molecule is CC(C)S(=O)(=O)CCNC(=O)NC1(C(=O)O)CCOCC1. The van der Waals surface area contributed by atoms with Gasteiger partial charge in [-0.15, -0.1) is 0 Å². The number of amides is 2. The van der Waals surface area contributed by atoms with Crippen molar-refractivity contribution in [3.05, 3.63) is 0 Å². The third-order valence-corrected chi connectivity index (χ3v) is 5.71. The van der Waals surface area contributed by atoms with E-state index in [1.165, 1.54) is 0 Å². The van der Waals surface area contributed by atoms with Gasteiger partial charge in [-0.25, -0.2) is 18.0 Å². The predicted octanol–water partition coefficient (Wildman–Crippen LogP) is -0.257. The topological polar surface area (TPSA) is 122 Å². The van der Waals surface area contributed by atoms with Crippen molar-refractivity contribution < 1.29 is 27.9 Å². The van der Waals surface area contributed by atoms with Crippen molar-refractivity contribution >= 4 is 21.8 Å². The number of carbonyl (C=O) groups excluding carboxylic acids is 1. The van der Waals surface area contributed by atoms with Crippen LogP contribution in [0, 0.1) is 0 Å². The molecule has 0 aliphatic carbocycles. The molecule has 0 unspecified atom stereocenters. The number of carboxylic acids is 1. The van der Waals surface area contributed by atoms with Gasteiger partial charge in [0.05, 0.1) is 11.0 Å². The van der Waals surface area contributed by atoms with Crippen LogP contribution in [0.25, 0.3) is 0 Å². The normalized spacial score (nSPS) is 18.2. The highest BCUT2D eigenvalue weighted by Gasteiger charge is 2.41. The highest BCUT2D eigenvalue weighted by Crippen LogP contribution is 2.20. The zero-order valence-electron chi connectivity index (χ0n) is 12.2. The molecule has 0 aromatic rings. The zero-order valence-corrected chi connectivity index (χ0v) is 13.0. The van der Waals surface area contributed by atoms with Crippen LogP contribution >= 0.6 is 0 Å². The minimum absolute atomic E-state index is 0.0570. The largest absolute Gasteiger partial charge is 0.480 e. The quantitative estimate of drug-likeness (QED) is 0.619. The van der Waals surface area contributed by atoms with Crippen molar-refractivity contribution in [1.82, 2.24) is 10.6 Å². The van der Waals surface area contributed by atoms with Crippen LogP contribution in [0.4, 0.5) is 4.79 Å². The summed E-state index contributed by atoms with van der Waals surface area (Å²) in [6.07, 6.45) is 0.361. The van der Waals surface area contributed by atoms with Crippen LogP contribution in [0.15, 0.2) is 0 Å². The molecule has 1 fully saturated rings. The number of urea groups is 1. The van der Waals surface area contributed by atoms with Gasteiger partial charge in [0.15, 0.2) is 9.84 Å². The summed E-state index contributed by atoms with van der Waals surface area (Å²) in [5.74, 6) is -1.29. The van der Waals surface area contributed by atoms with Gasteiger partial charge >= 0.3 is 12.0 Å². The highest BCUT2D eigenvalue weighted by atomic mass is 32.2. The monoisotopic (exact) mass is 322 g/mol. The molecule has 8 nitrogen and oxygen atoms in total. The van der Waals surface area contributed by atoms with E-state index in [1.54, 1.807) is 13.8 Å². The Morgan fingerprint density at radius 3 is 2.33 bits per heavy atom. The van der Waals surface area contributed by atoms with Crippen molar-refractivity contribution in [2.24, 2.45) is 0 Å². The van der Waals surface area contributed by atoms with E-state index in [4.69, 9.17) is 4.74 Å². The number of ether oxygens (including phenoxy) is 1. The lowest BCUT2D eigenvalue weighted by Gasteiger charge is -2.33. The predicted molar refractivity (Wildman–Crippen MR) is 75.9 cm³/mol. The average Bonchev–Trinajstić information content (AvgIpc) is 2.39. The number of carboxylic acid groups (broad SMARTS) is 1. The lowest BCUT2D eigenvalue weighted by molar-refractivity contribution is -0.148. The summed E-state index contributed by atoms with van der Waals surface area (Å²) < 4.78 is 28.3. The molecular formula is C12H22N2O6S. The second-order valence-electron chi connectivity index (χ2n) is 5.30. The Kier molecular flexibility index (Phi) is 5.97. The molecule has 9 heteroatoms. The maximum Gasteiger partial charge on any atom is 0.329 e. The Morgan fingerprint density at radius 2 is 1.86 bits per heavy atom. The van der Waals surface area contributed by atoms with Crippen LogP contribution in [0.3, 0.4) is 0 Å². The fraction of sp³-hybridized carbons (Fsp3) is 0.833. The number of hydrogen-bond donors (Lipinski definition) is 3. The third kappa shape index (κ3) is 4.85. The molecule has 21 heavy (non-hydrogen) atoms. The summed E-state index contributed by atoms with van der Waals surface area (Å²) in [4.78, 5) is 23.1. The number of nitrogens with one attached hydrogen (secondary N) is 2. The van der Waals surface area contributed by atoms with Gasteiger partial charge in [0.1, 0.15) is 5.54 Å². The summed E-state index contributed by atoms with van der Waals surface area (Å²) in [5, 5.41) is 13.6. The molecule has 3 N–H and O–H groups in total. The molecule has 0 aromatic carbocycles. The Balaban J connectivity index is 2.50. The highest BCUT2D eigenvalue weighted by molar-refractivity contribution is 7.92. The molecule has 0 saturated carbocycles. The lowest BCUT2D eigenvalue weighted by atomic mass is 9.90. The van der Waals surface area contributed by atoms with E-state index in [0.717, 1.165) is 0 Å². The second kappa shape index (κ2) is 7.08. The van der Waals surface area contributed by atoms with Gasteiger partial charge in [-0.3, -0.25) is 0 Å². The second-order valence-corrected chi connectivity index (χ2v) is 7.97. The molecule has 0 aromatic heterocycles. The minimum Gasteiger partial charge on any atom is -0.480 e.